The molecule has 0 amide bonds. The quantitative estimate of drug-likeness (QED) is 0.0701. The van der Waals surface area contributed by atoms with Gasteiger partial charge in [0.05, 0.1) is 22.8 Å². The molecular weight excluding hydrogens is 669 g/mol. The molecule has 0 aliphatic heterocycles. The maximum atomic E-state index is 5.37. The van der Waals surface area contributed by atoms with Crippen molar-refractivity contribution in [1.29, 1.82) is 0 Å². The SMILES string of the molecule is CC(C)Cc1n[nH]c(CC(C)C)c1[Si](c1c(CC(C)C)n[nH]c1CC(C)C)(c1c(CC(C)C)n[nH]c1CC(C)C)c1c(CC(C)C)n[nH]c1CC(C)C. The first kappa shape index (κ1) is 42.8. The average molecular weight is 745 g/mol. The average Bonchev–Trinajstić information content (AvgIpc) is 3.77. The van der Waals surface area contributed by atoms with Gasteiger partial charge in [0.25, 0.3) is 0 Å². The van der Waals surface area contributed by atoms with Gasteiger partial charge in [-0.25, -0.2) is 0 Å². The number of hydrogen-bond donors (Lipinski definition) is 4. The Morgan fingerprint density at radius 1 is 0.302 bits per heavy atom. The van der Waals surface area contributed by atoms with Crippen LogP contribution in [-0.4, -0.2) is 48.9 Å². The Labute approximate surface area is 323 Å². The molecule has 8 nitrogen and oxygen atoms in total. The second-order valence-corrected chi connectivity index (χ2v) is 23.1. The van der Waals surface area contributed by atoms with E-state index in [1.165, 1.54) is 66.3 Å². The Kier molecular flexibility index (Phi) is 14.6. The van der Waals surface area contributed by atoms with E-state index in [2.05, 4.69) is 131 Å². The van der Waals surface area contributed by atoms with Crippen molar-refractivity contribution in [3.63, 3.8) is 0 Å². The van der Waals surface area contributed by atoms with E-state index < -0.39 is 8.07 Å². The maximum absolute atomic E-state index is 5.37. The smallest absolute Gasteiger partial charge is 0.196 e. The van der Waals surface area contributed by atoms with Crippen LogP contribution in [-0.2, 0) is 51.4 Å². The zero-order valence-corrected chi connectivity index (χ0v) is 37.6. The highest BCUT2D eigenvalue weighted by atomic mass is 28.3. The first-order chi connectivity index (χ1) is 24.9. The van der Waals surface area contributed by atoms with Gasteiger partial charge in [-0.15, -0.1) is 0 Å². The fourth-order valence-corrected chi connectivity index (χ4v) is 14.9. The lowest BCUT2D eigenvalue weighted by molar-refractivity contribution is 0.630. The van der Waals surface area contributed by atoms with Gasteiger partial charge in [-0.05, 0) is 119 Å². The number of aromatic nitrogens is 8. The molecule has 53 heavy (non-hydrogen) atoms. The topological polar surface area (TPSA) is 115 Å². The minimum absolute atomic E-state index is 0.439. The lowest BCUT2D eigenvalue weighted by atomic mass is 10.0. The van der Waals surface area contributed by atoms with Crippen molar-refractivity contribution in [3.05, 3.63) is 45.6 Å². The van der Waals surface area contributed by atoms with E-state index in [0.717, 1.165) is 51.4 Å². The zero-order valence-electron chi connectivity index (χ0n) is 36.6. The Morgan fingerprint density at radius 3 is 0.623 bits per heavy atom. The van der Waals surface area contributed by atoms with Gasteiger partial charge in [0.15, 0.2) is 8.07 Å². The summed E-state index contributed by atoms with van der Waals surface area (Å²) in [5.74, 6) is 3.56. The number of H-pyrrole nitrogens is 4. The highest BCUT2D eigenvalue weighted by Gasteiger charge is 2.55. The van der Waals surface area contributed by atoms with Crippen LogP contribution in [0.25, 0.3) is 0 Å². The van der Waals surface area contributed by atoms with Crippen LogP contribution in [0.1, 0.15) is 156 Å². The number of nitrogens with one attached hydrogen (secondary N) is 4. The summed E-state index contributed by atoms with van der Waals surface area (Å²) in [6, 6.07) is 0. The van der Waals surface area contributed by atoms with E-state index >= 15 is 0 Å². The molecule has 4 rings (SSSR count). The molecule has 0 aliphatic rings. The number of aromatic amines is 4. The molecule has 9 heteroatoms. The van der Waals surface area contributed by atoms with E-state index in [1.54, 1.807) is 0 Å². The van der Waals surface area contributed by atoms with Crippen molar-refractivity contribution in [2.24, 2.45) is 47.3 Å². The molecule has 4 aromatic heterocycles. The van der Waals surface area contributed by atoms with Crippen LogP contribution >= 0.6 is 0 Å². The summed E-state index contributed by atoms with van der Waals surface area (Å²) >= 11 is 0. The van der Waals surface area contributed by atoms with Gasteiger partial charge in [0.2, 0.25) is 0 Å². The molecule has 0 aliphatic carbocycles. The van der Waals surface area contributed by atoms with Crippen molar-refractivity contribution in [2.75, 3.05) is 0 Å². The second-order valence-electron chi connectivity index (χ2n) is 19.6. The maximum Gasteiger partial charge on any atom is 0.196 e. The lowest BCUT2D eigenvalue weighted by Crippen LogP contribution is -2.79. The molecule has 0 atom stereocenters. The van der Waals surface area contributed by atoms with Crippen LogP contribution in [0, 0.1) is 47.3 Å². The first-order valence-corrected chi connectivity index (χ1v) is 23.1. The highest BCUT2D eigenvalue weighted by Crippen LogP contribution is 2.28. The van der Waals surface area contributed by atoms with Crippen molar-refractivity contribution >= 4 is 28.8 Å². The van der Waals surface area contributed by atoms with Gasteiger partial charge in [0, 0.05) is 22.8 Å². The summed E-state index contributed by atoms with van der Waals surface area (Å²) in [5, 5.41) is 42.3. The number of hydrogen-bond acceptors (Lipinski definition) is 4. The van der Waals surface area contributed by atoms with Crippen LogP contribution in [0.3, 0.4) is 0 Å². The third kappa shape index (κ3) is 9.84. The molecule has 0 radical (unpaired) electrons. The van der Waals surface area contributed by atoms with Crippen molar-refractivity contribution < 1.29 is 0 Å². The fourth-order valence-electron chi connectivity index (χ4n) is 8.57. The predicted octanol–water partition coefficient (Wildman–Crippen LogP) is 7.54. The van der Waals surface area contributed by atoms with Gasteiger partial charge in [0.1, 0.15) is 0 Å². The minimum atomic E-state index is -3.36. The summed E-state index contributed by atoms with van der Waals surface area (Å²) in [7, 11) is -3.36. The van der Waals surface area contributed by atoms with E-state index in [-0.39, 0.29) is 0 Å². The van der Waals surface area contributed by atoms with E-state index in [4.69, 9.17) is 20.4 Å². The molecule has 0 saturated heterocycles. The summed E-state index contributed by atoms with van der Waals surface area (Å²) < 4.78 is 0. The molecule has 0 spiro atoms. The Morgan fingerprint density at radius 2 is 0.472 bits per heavy atom. The van der Waals surface area contributed by atoms with Gasteiger partial charge in [-0.1, -0.05) is 111 Å². The molecule has 4 aromatic rings. The molecule has 0 aromatic carbocycles. The predicted molar refractivity (Wildman–Crippen MR) is 227 cm³/mol. The third-order valence-electron chi connectivity index (χ3n) is 10.0. The summed E-state index contributed by atoms with van der Waals surface area (Å²) in [5.41, 5.74) is 10.0. The molecule has 0 fully saturated rings. The van der Waals surface area contributed by atoms with Crippen LogP contribution in [0.2, 0.25) is 0 Å². The summed E-state index contributed by atoms with van der Waals surface area (Å²) in [6.45, 7) is 37.5. The highest BCUT2D eigenvalue weighted by molar-refractivity contribution is 7.21. The van der Waals surface area contributed by atoms with E-state index in [0.29, 0.717) is 47.3 Å². The standard InChI is InChI=1S/C44H76N8Si/c1-25(2)17-33-41(34(46-45-33)18-26(3)4)53(42-35(19-27(5)6)47-48-36(42)20-28(7)8,43-37(21-29(9)10)49-50-38(43)22-30(11)12)44-39(23-31(13)14)51-52-40(44)24-32(15)16/h25-32H,17-24H2,1-16H3,(H,45,46)(H,47,48)(H,49,50)(H,51,52). The van der Waals surface area contributed by atoms with Crippen LogP contribution < -0.4 is 20.7 Å². The fraction of sp³-hybridized carbons (Fsp3) is 0.727. The van der Waals surface area contributed by atoms with Crippen molar-refractivity contribution in [3.8, 4) is 0 Å². The molecule has 4 heterocycles. The summed E-state index contributed by atoms with van der Waals surface area (Å²) in [6.07, 6.45) is 7.35. The number of nitrogens with zero attached hydrogens (tertiary/aromatic N) is 4. The largest absolute Gasteiger partial charge is 0.282 e. The molecule has 4 N–H and O–H groups in total. The van der Waals surface area contributed by atoms with Gasteiger partial charge >= 0.3 is 0 Å². The van der Waals surface area contributed by atoms with Gasteiger partial charge in [-0.3, -0.25) is 20.4 Å². The van der Waals surface area contributed by atoms with Gasteiger partial charge in [-0.2, -0.15) is 20.4 Å². The third-order valence-corrected chi connectivity index (χ3v) is 15.4. The Bertz CT molecular complexity index is 1360. The first-order valence-electron chi connectivity index (χ1n) is 21.1. The van der Waals surface area contributed by atoms with Gasteiger partial charge < -0.3 is 0 Å². The van der Waals surface area contributed by atoms with E-state index in [9.17, 15) is 0 Å². The number of rotatable bonds is 20. The molecule has 296 valence electrons. The Balaban J connectivity index is 2.51. The zero-order chi connectivity index (χ0) is 39.4. The monoisotopic (exact) mass is 745 g/mol. The molecule has 0 bridgehead atoms. The second kappa shape index (κ2) is 18.1. The lowest BCUT2D eigenvalue weighted by Gasteiger charge is -2.38. The molecule has 0 unspecified atom stereocenters. The van der Waals surface area contributed by atoms with Crippen LogP contribution in [0.15, 0.2) is 0 Å². The van der Waals surface area contributed by atoms with Crippen LogP contribution in [0.5, 0.6) is 0 Å². The van der Waals surface area contributed by atoms with Crippen LogP contribution in [0.4, 0.5) is 0 Å². The Hall–Kier alpha value is -2.94. The van der Waals surface area contributed by atoms with Crippen molar-refractivity contribution in [1.82, 2.24) is 40.8 Å². The van der Waals surface area contributed by atoms with E-state index in [1.807, 2.05) is 0 Å². The summed E-state index contributed by atoms with van der Waals surface area (Å²) in [4.78, 5) is 0. The normalized spacial score (nSPS) is 13.0. The molecule has 0 saturated carbocycles. The minimum Gasteiger partial charge on any atom is -0.282 e. The van der Waals surface area contributed by atoms with Crippen molar-refractivity contribution in [2.45, 2.75) is 162 Å². The molecular formula is C44H76N8Si.